The molecule has 2 nitrogen and oxygen atoms in total. The molecule has 2 heteroatoms. The molecule has 0 saturated heterocycles. The van der Waals surface area contributed by atoms with Crippen LogP contribution in [0.2, 0.25) is 0 Å². The van der Waals surface area contributed by atoms with Gasteiger partial charge in [-0.05, 0) is 33.6 Å². The van der Waals surface area contributed by atoms with Gasteiger partial charge in [-0.2, -0.15) is 0 Å². The van der Waals surface area contributed by atoms with Crippen LogP contribution in [0.4, 0.5) is 0 Å². The maximum atomic E-state index is 10.3. The van der Waals surface area contributed by atoms with Crippen molar-refractivity contribution in [2.75, 3.05) is 0 Å². The Kier molecular flexibility index (Phi) is 6.42. The molecule has 0 radical (unpaired) electrons. The van der Waals surface area contributed by atoms with E-state index in [0.717, 1.165) is 0 Å². The molecule has 0 saturated carbocycles. The van der Waals surface area contributed by atoms with Gasteiger partial charge in [-0.15, -0.1) is 0 Å². The Balaban J connectivity index is 0. The lowest BCUT2D eigenvalue weighted by atomic mass is 10.1. The van der Waals surface area contributed by atoms with Gasteiger partial charge < -0.3 is 10.1 Å². The minimum atomic E-state index is -0.203. The second kappa shape index (κ2) is 5.27. The molecular weight excluding hydrogens is 126 g/mol. The molecule has 0 fully saturated rings. The zero-order chi connectivity index (χ0) is 8.78. The van der Waals surface area contributed by atoms with Gasteiger partial charge in [0.1, 0.15) is 0 Å². The maximum absolute atomic E-state index is 10.3. The second-order valence-electron chi connectivity index (χ2n) is 2.80. The van der Waals surface area contributed by atoms with Crippen LogP contribution in [0.15, 0.2) is 4.99 Å². The summed E-state index contributed by atoms with van der Waals surface area (Å²) in [6.45, 7) is 11.2. The summed E-state index contributed by atoms with van der Waals surface area (Å²) in [5.41, 5.74) is -0.203. The summed E-state index contributed by atoms with van der Waals surface area (Å²) in [6, 6.07) is 0. The van der Waals surface area contributed by atoms with Crippen molar-refractivity contribution in [1.29, 1.82) is 0 Å². The van der Waals surface area contributed by atoms with E-state index in [1.54, 1.807) is 0 Å². The van der Waals surface area contributed by atoms with Crippen molar-refractivity contribution in [3.8, 4) is 0 Å². The van der Waals surface area contributed by atoms with Crippen LogP contribution in [0.25, 0.3) is 0 Å². The molecule has 0 aliphatic carbocycles. The first-order valence-corrected chi connectivity index (χ1v) is 3.65. The average molecular weight is 144 g/mol. The number of aliphatic imine (C=N–C) groups is 1. The van der Waals surface area contributed by atoms with E-state index >= 15 is 0 Å². The first-order chi connectivity index (χ1) is 4.42. The summed E-state index contributed by atoms with van der Waals surface area (Å²) in [4.78, 5) is 3.77. The Labute approximate surface area is 64.0 Å². The van der Waals surface area contributed by atoms with Crippen molar-refractivity contribution in [1.82, 2.24) is 0 Å². The van der Waals surface area contributed by atoms with Gasteiger partial charge >= 0.3 is 0 Å². The van der Waals surface area contributed by atoms with Gasteiger partial charge in [-0.25, -0.2) is 0 Å². The highest BCUT2D eigenvalue weighted by molar-refractivity contribution is 5.68. The summed E-state index contributed by atoms with van der Waals surface area (Å²) >= 11 is 0. The van der Waals surface area contributed by atoms with Gasteiger partial charge in [0, 0.05) is 0 Å². The maximum Gasteiger partial charge on any atom is 0.0512 e. The third-order valence-corrected chi connectivity index (χ3v) is 0.493. The molecule has 0 rings (SSSR count). The number of hydrogen-bond donors (Lipinski definition) is 0. The van der Waals surface area contributed by atoms with Gasteiger partial charge in [0.15, 0.2) is 0 Å². The summed E-state index contributed by atoms with van der Waals surface area (Å²) in [6.07, 6.45) is 0. The summed E-state index contributed by atoms with van der Waals surface area (Å²) in [5.74, 6) is -0.0995. The van der Waals surface area contributed by atoms with E-state index in [9.17, 15) is 5.11 Å². The van der Waals surface area contributed by atoms with Gasteiger partial charge in [0.05, 0.1) is 5.54 Å². The summed E-state index contributed by atoms with van der Waals surface area (Å²) < 4.78 is 0. The Morgan fingerprint density at radius 2 is 1.50 bits per heavy atom. The van der Waals surface area contributed by atoms with Gasteiger partial charge in [-0.1, -0.05) is 13.8 Å². The monoisotopic (exact) mass is 144 g/mol. The fraction of sp³-hybridized carbons (Fsp3) is 0.875. The highest BCUT2D eigenvalue weighted by Crippen LogP contribution is 2.04. The third-order valence-electron chi connectivity index (χ3n) is 0.493. The molecule has 10 heavy (non-hydrogen) atoms. The predicted molar refractivity (Wildman–Crippen MR) is 44.2 cm³/mol. The van der Waals surface area contributed by atoms with Gasteiger partial charge in [0.25, 0.3) is 0 Å². The summed E-state index contributed by atoms with van der Waals surface area (Å²) in [5, 5.41) is 10.3. The molecule has 62 valence electrons. The molecule has 0 bridgehead atoms. The van der Waals surface area contributed by atoms with Crippen molar-refractivity contribution < 1.29 is 5.11 Å². The molecule has 0 aliphatic heterocycles. The number of nitrogens with zero attached hydrogens (tertiary/aromatic N) is 1. The molecule has 0 aromatic carbocycles. The van der Waals surface area contributed by atoms with Crippen molar-refractivity contribution in [3.05, 3.63) is 0 Å². The van der Waals surface area contributed by atoms with Crippen LogP contribution in [-0.4, -0.2) is 11.4 Å². The average Bonchev–Trinajstić information content (AvgIpc) is 1.64. The van der Waals surface area contributed by atoms with Gasteiger partial charge in [0.2, 0.25) is 0 Å². The van der Waals surface area contributed by atoms with Crippen molar-refractivity contribution in [3.63, 3.8) is 0 Å². The Bertz CT molecular complexity index is 96.3. The Morgan fingerprint density at radius 3 is 1.50 bits per heavy atom. The molecule has 0 spiro atoms. The zero-order valence-electron chi connectivity index (χ0n) is 7.86. The lowest BCUT2D eigenvalue weighted by Gasteiger charge is -2.15. The molecule has 0 aromatic rings. The first-order valence-electron chi connectivity index (χ1n) is 3.65. The van der Waals surface area contributed by atoms with E-state index in [0.29, 0.717) is 0 Å². The molecule has 0 aromatic heterocycles. The second-order valence-corrected chi connectivity index (χ2v) is 2.80. The van der Waals surface area contributed by atoms with E-state index in [1.807, 2.05) is 34.6 Å². The van der Waals surface area contributed by atoms with Crippen LogP contribution >= 0.6 is 0 Å². The lowest BCUT2D eigenvalue weighted by molar-refractivity contribution is -0.216. The smallest absolute Gasteiger partial charge is 0.0512 e. The number of hydrogen-bond acceptors (Lipinski definition) is 2. The van der Waals surface area contributed by atoms with Crippen LogP contribution in [-0.2, 0) is 0 Å². The standard InChI is InChI=1S/C6H13NO.C2H6/c1-5(8)7-6(2,3)4;1-2/h1-4H3,(H,7,8);1-2H3/p-1. The van der Waals surface area contributed by atoms with Gasteiger partial charge in [-0.3, -0.25) is 0 Å². The molecular formula is C8H18NO-. The van der Waals surface area contributed by atoms with Crippen molar-refractivity contribution in [2.24, 2.45) is 4.99 Å². The minimum absolute atomic E-state index is 0.0995. The molecule has 0 heterocycles. The Hall–Kier alpha value is -0.530. The predicted octanol–water partition coefficient (Wildman–Crippen LogP) is 1.59. The van der Waals surface area contributed by atoms with Crippen molar-refractivity contribution in [2.45, 2.75) is 47.1 Å². The molecule has 0 amide bonds. The lowest BCUT2D eigenvalue weighted by Crippen LogP contribution is -2.20. The molecule has 0 unspecified atom stereocenters. The molecule has 0 N–H and O–H groups in total. The first kappa shape index (κ1) is 12.2. The normalized spacial score (nSPS) is 12.0. The summed E-state index contributed by atoms with van der Waals surface area (Å²) in [7, 11) is 0. The Morgan fingerprint density at radius 1 is 1.20 bits per heavy atom. The van der Waals surface area contributed by atoms with E-state index in [-0.39, 0.29) is 11.4 Å². The highest BCUT2D eigenvalue weighted by Gasteiger charge is 2.03. The van der Waals surface area contributed by atoms with Crippen LogP contribution in [0.5, 0.6) is 0 Å². The fourth-order valence-electron chi connectivity index (χ4n) is 0.472. The van der Waals surface area contributed by atoms with Crippen LogP contribution in [0.3, 0.4) is 0 Å². The highest BCUT2D eigenvalue weighted by atomic mass is 16.3. The van der Waals surface area contributed by atoms with Crippen molar-refractivity contribution >= 4 is 5.90 Å². The minimum Gasteiger partial charge on any atom is -0.862 e. The van der Waals surface area contributed by atoms with Crippen LogP contribution in [0.1, 0.15) is 41.5 Å². The van der Waals surface area contributed by atoms with Crippen LogP contribution < -0.4 is 5.11 Å². The fourth-order valence-corrected chi connectivity index (χ4v) is 0.472. The SMILES string of the molecule is CC.CC([O-])=NC(C)(C)C. The van der Waals surface area contributed by atoms with Crippen LogP contribution in [0, 0.1) is 0 Å². The van der Waals surface area contributed by atoms with E-state index in [4.69, 9.17) is 0 Å². The third kappa shape index (κ3) is 15.6. The number of rotatable bonds is 0. The van der Waals surface area contributed by atoms with E-state index in [1.165, 1.54) is 6.92 Å². The quantitative estimate of drug-likeness (QED) is 0.375. The largest absolute Gasteiger partial charge is 0.862 e. The van der Waals surface area contributed by atoms with E-state index < -0.39 is 0 Å². The molecule has 0 aliphatic rings. The zero-order valence-corrected chi connectivity index (χ0v) is 7.86. The van der Waals surface area contributed by atoms with E-state index in [2.05, 4.69) is 4.99 Å². The molecule has 0 atom stereocenters. The topological polar surface area (TPSA) is 35.4 Å².